The highest BCUT2D eigenvalue weighted by molar-refractivity contribution is 5.76. The van der Waals surface area contributed by atoms with Crippen LogP contribution in [0, 0.1) is 13.8 Å². The first-order valence-corrected chi connectivity index (χ1v) is 7.74. The largest absolute Gasteiger partial charge is 0.354 e. The van der Waals surface area contributed by atoms with Crippen molar-refractivity contribution in [3.05, 3.63) is 17.0 Å². The molecule has 0 bridgehead atoms. The van der Waals surface area contributed by atoms with E-state index < -0.39 is 0 Å². The highest BCUT2D eigenvalue weighted by Gasteiger charge is 2.12. The molecule has 1 N–H and O–H groups in total. The number of rotatable bonds is 8. The molecule has 4 heteroatoms. The Morgan fingerprint density at radius 2 is 2.05 bits per heavy atom. The summed E-state index contributed by atoms with van der Waals surface area (Å²) in [6.45, 7) is 8.35. The van der Waals surface area contributed by atoms with E-state index in [1.54, 1.807) is 0 Å². The van der Waals surface area contributed by atoms with Crippen molar-refractivity contribution in [1.82, 2.24) is 15.1 Å². The molecular formula is C16H29N3O. The summed E-state index contributed by atoms with van der Waals surface area (Å²) in [6.07, 6.45) is 6.06. The summed E-state index contributed by atoms with van der Waals surface area (Å²) in [7, 11) is 1.95. The van der Waals surface area contributed by atoms with Gasteiger partial charge in [-0.25, -0.2) is 0 Å². The first kappa shape index (κ1) is 16.7. The van der Waals surface area contributed by atoms with E-state index in [9.17, 15) is 4.79 Å². The molecule has 1 amide bonds. The van der Waals surface area contributed by atoms with Crippen LogP contribution in [0.15, 0.2) is 0 Å². The summed E-state index contributed by atoms with van der Waals surface area (Å²) in [5.74, 6) is 0.150. The molecule has 1 aromatic rings. The molecule has 0 radical (unpaired) electrons. The maximum Gasteiger partial charge on any atom is 0.220 e. The van der Waals surface area contributed by atoms with Gasteiger partial charge in [0.25, 0.3) is 0 Å². The zero-order valence-corrected chi connectivity index (χ0v) is 13.6. The third-order valence-corrected chi connectivity index (χ3v) is 3.91. The Hall–Kier alpha value is -1.32. The van der Waals surface area contributed by atoms with E-state index in [2.05, 4.69) is 31.2 Å². The molecule has 0 aliphatic carbocycles. The van der Waals surface area contributed by atoms with Crippen LogP contribution in [0.1, 0.15) is 62.9 Å². The fourth-order valence-corrected chi connectivity index (χ4v) is 2.54. The van der Waals surface area contributed by atoms with Gasteiger partial charge in [-0.05, 0) is 39.2 Å². The van der Waals surface area contributed by atoms with Gasteiger partial charge in [0, 0.05) is 25.2 Å². The lowest BCUT2D eigenvalue weighted by Crippen LogP contribution is -2.32. The molecule has 0 aliphatic heterocycles. The molecule has 0 aromatic carbocycles. The second-order valence-corrected chi connectivity index (χ2v) is 5.74. The van der Waals surface area contributed by atoms with E-state index in [1.807, 2.05) is 18.7 Å². The van der Waals surface area contributed by atoms with Gasteiger partial charge in [0.05, 0.1) is 5.69 Å². The average Bonchev–Trinajstić information content (AvgIpc) is 2.61. The van der Waals surface area contributed by atoms with E-state index in [-0.39, 0.29) is 11.9 Å². The van der Waals surface area contributed by atoms with Crippen LogP contribution in [-0.4, -0.2) is 21.7 Å². The molecule has 1 aromatic heterocycles. The summed E-state index contributed by atoms with van der Waals surface area (Å²) in [5.41, 5.74) is 3.40. The molecular weight excluding hydrogens is 250 g/mol. The minimum Gasteiger partial charge on any atom is -0.354 e. The lowest BCUT2D eigenvalue weighted by Gasteiger charge is -2.13. The molecule has 0 spiro atoms. The number of nitrogens with zero attached hydrogens (tertiary/aromatic N) is 2. The first-order valence-electron chi connectivity index (χ1n) is 7.74. The van der Waals surface area contributed by atoms with Crippen LogP contribution >= 0.6 is 0 Å². The van der Waals surface area contributed by atoms with E-state index in [0.717, 1.165) is 24.2 Å². The summed E-state index contributed by atoms with van der Waals surface area (Å²) >= 11 is 0. The van der Waals surface area contributed by atoms with Crippen molar-refractivity contribution >= 4 is 5.91 Å². The molecule has 114 valence electrons. The quantitative estimate of drug-likeness (QED) is 0.743. The standard InChI is InChI=1S/C16H29N3O/c1-6-7-8-9-12(2)17-16(20)11-10-15-13(3)18-19(5)14(15)4/h12H,6-11H2,1-5H3,(H,17,20). The van der Waals surface area contributed by atoms with Crippen molar-refractivity contribution < 1.29 is 4.79 Å². The summed E-state index contributed by atoms with van der Waals surface area (Å²) < 4.78 is 1.88. The molecule has 1 unspecified atom stereocenters. The minimum atomic E-state index is 0.150. The number of nitrogens with one attached hydrogen (secondary N) is 1. The normalized spacial score (nSPS) is 12.4. The van der Waals surface area contributed by atoms with Crippen LogP contribution in [0.25, 0.3) is 0 Å². The Labute approximate surface area is 122 Å². The summed E-state index contributed by atoms with van der Waals surface area (Å²) in [5, 5.41) is 7.47. The Morgan fingerprint density at radius 3 is 2.60 bits per heavy atom. The summed E-state index contributed by atoms with van der Waals surface area (Å²) in [4.78, 5) is 12.0. The predicted octanol–water partition coefficient (Wildman–Crippen LogP) is 3.05. The van der Waals surface area contributed by atoms with Crippen LogP contribution in [0.5, 0.6) is 0 Å². The van der Waals surface area contributed by atoms with Crippen molar-refractivity contribution in [3.63, 3.8) is 0 Å². The van der Waals surface area contributed by atoms with Gasteiger partial charge in [0.2, 0.25) is 5.91 Å². The van der Waals surface area contributed by atoms with Gasteiger partial charge in [-0.3, -0.25) is 9.48 Å². The Balaban J connectivity index is 2.36. The third-order valence-electron chi connectivity index (χ3n) is 3.91. The van der Waals surface area contributed by atoms with Crippen LogP contribution < -0.4 is 5.32 Å². The zero-order chi connectivity index (χ0) is 15.1. The molecule has 1 rings (SSSR count). The molecule has 0 saturated carbocycles. The van der Waals surface area contributed by atoms with Gasteiger partial charge in [0.15, 0.2) is 0 Å². The molecule has 1 heterocycles. The topological polar surface area (TPSA) is 46.9 Å². The maximum absolute atomic E-state index is 12.0. The van der Waals surface area contributed by atoms with Crippen molar-refractivity contribution in [2.24, 2.45) is 7.05 Å². The number of carbonyl (C=O) groups is 1. The fraction of sp³-hybridized carbons (Fsp3) is 0.750. The number of carbonyl (C=O) groups excluding carboxylic acids is 1. The predicted molar refractivity (Wildman–Crippen MR) is 82.7 cm³/mol. The van der Waals surface area contributed by atoms with Crippen molar-refractivity contribution in [2.45, 2.75) is 72.3 Å². The van der Waals surface area contributed by atoms with Crippen LogP contribution in [0.2, 0.25) is 0 Å². The van der Waals surface area contributed by atoms with Gasteiger partial charge < -0.3 is 5.32 Å². The minimum absolute atomic E-state index is 0.150. The smallest absolute Gasteiger partial charge is 0.220 e. The lowest BCUT2D eigenvalue weighted by molar-refractivity contribution is -0.121. The number of aromatic nitrogens is 2. The van der Waals surface area contributed by atoms with Gasteiger partial charge in [0.1, 0.15) is 0 Å². The molecule has 0 saturated heterocycles. The van der Waals surface area contributed by atoms with Gasteiger partial charge >= 0.3 is 0 Å². The number of hydrogen-bond acceptors (Lipinski definition) is 2. The SMILES string of the molecule is CCCCCC(C)NC(=O)CCc1c(C)nn(C)c1C. The van der Waals surface area contributed by atoms with Crippen molar-refractivity contribution in [1.29, 1.82) is 0 Å². The third kappa shape index (κ3) is 4.99. The highest BCUT2D eigenvalue weighted by atomic mass is 16.1. The first-order chi connectivity index (χ1) is 9.45. The fourth-order valence-electron chi connectivity index (χ4n) is 2.54. The molecule has 1 atom stereocenters. The molecule has 4 nitrogen and oxygen atoms in total. The van der Waals surface area contributed by atoms with Gasteiger partial charge in [-0.15, -0.1) is 0 Å². The van der Waals surface area contributed by atoms with E-state index in [4.69, 9.17) is 0 Å². The molecule has 0 fully saturated rings. The van der Waals surface area contributed by atoms with E-state index in [1.165, 1.54) is 24.8 Å². The van der Waals surface area contributed by atoms with Crippen LogP contribution in [0.3, 0.4) is 0 Å². The number of aryl methyl sites for hydroxylation is 2. The Kier molecular flexibility index (Phi) is 6.76. The Bertz CT molecular complexity index is 437. The van der Waals surface area contributed by atoms with Crippen LogP contribution in [0.4, 0.5) is 0 Å². The average molecular weight is 279 g/mol. The summed E-state index contributed by atoms with van der Waals surface area (Å²) in [6, 6.07) is 0.283. The maximum atomic E-state index is 12.0. The van der Waals surface area contributed by atoms with E-state index >= 15 is 0 Å². The van der Waals surface area contributed by atoms with Crippen molar-refractivity contribution in [3.8, 4) is 0 Å². The molecule has 20 heavy (non-hydrogen) atoms. The Morgan fingerprint density at radius 1 is 1.35 bits per heavy atom. The van der Waals surface area contributed by atoms with Gasteiger partial charge in [-0.2, -0.15) is 5.10 Å². The zero-order valence-electron chi connectivity index (χ0n) is 13.6. The number of hydrogen-bond donors (Lipinski definition) is 1. The second-order valence-electron chi connectivity index (χ2n) is 5.74. The molecule has 0 aliphatic rings. The monoisotopic (exact) mass is 279 g/mol. The second kappa shape index (κ2) is 8.08. The number of unbranched alkanes of at least 4 members (excludes halogenated alkanes) is 2. The van der Waals surface area contributed by atoms with Crippen LogP contribution in [-0.2, 0) is 18.3 Å². The van der Waals surface area contributed by atoms with E-state index in [0.29, 0.717) is 6.42 Å². The lowest BCUT2D eigenvalue weighted by atomic mass is 10.1. The van der Waals surface area contributed by atoms with Crippen molar-refractivity contribution in [2.75, 3.05) is 0 Å². The van der Waals surface area contributed by atoms with Gasteiger partial charge in [-0.1, -0.05) is 26.2 Å². The number of amides is 1. The highest BCUT2D eigenvalue weighted by Crippen LogP contribution is 2.14.